The van der Waals surface area contributed by atoms with E-state index < -0.39 is 0 Å². The standard InChI is InChI=1S/C14H23N5/c1-10-9-12(13(14(15)16)11(2)17-10)19-6-4-5-18(3)7-8-19/h9H,4-8H2,1-3H3,(H3,15,16). The van der Waals surface area contributed by atoms with Gasteiger partial charge in [0.2, 0.25) is 0 Å². The summed E-state index contributed by atoms with van der Waals surface area (Å²) in [4.78, 5) is 9.11. The second-order valence-electron chi connectivity index (χ2n) is 5.30. The first-order chi connectivity index (χ1) is 8.99. The molecular weight excluding hydrogens is 238 g/mol. The average molecular weight is 261 g/mol. The van der Waals surface area contributed by atoms with Crippen LogP contribution in [0.2, 0.25) is 0 Å². The van der Waals surface area contributed by atoms with Gasteiger partial charge in [0.1, 0.15) is 5.84 Å². The maximum Gasteiger partial charge on any atom is 0.126 e. The Balaban J connectivity index is 2.39. The van der Waals surface area contributed by atoms with E-state index in [4.69, 9.17) is 11.1 Å². The van der Waals surface area contributed by atoms with Gasteiger partial charge in [-0.15, -0.1) is 0 Å². The summed E-state index contributed by atoms with van der Waals surface area (Å²) >= 11 is 0. The molecule has 0 bridgehead atoms. The molecule has 0 amide bonds. The first-order valence-electron chi connectivity index (χ1n) is 6.75. The molecule has 2 rings (SSSR count). The fourth-order valence-corrected chi connectivity index (χ4v) is 2.68. The van der Waals surface area contributed by atoms with E-state index in [1.165, 1.54) is 0 Å². The SMILES string of the molecule is Cc1cc(N2CCCN(C)CC2)c(C(=N)N)c(C)n1. The van der Waals surface area contributed by atoms with Crippen LogP contribution in [0.5, 0.6) is 0 Å². The Morgan fingerprint density at radius 1 is 1.26 bits per heavy atom. The number of hydrogen-bond acceptors (Lipinski definition) is 4. The second-order valence-corrected chi connectivity index (χ2v) is 5.30. The fourth-order valence-electron chi connectivity index (χ4n) is 2.68. The second kappa shape index (κ2) is 5.57. The number of aryl methyl sites for hydroxylation is 2. The van der Waals surface area contributed by atoms with Crippen LogP contribution in [0, 0.1) is 19.3 Å². The van der Waals surface area contributed by atoms with E-state index in [1.807, 2.05) is 13.8 Å². The maximum absolute atomic E-state index is 7.80. The molecule has 0 unspecified atom stereocenters. The van der Waals surface area contributed by atoms with Crippen LogP contribution in [-0.2, 0) is 0 Å². The summed E-state index contributed by atoms with van der Waals surface area (Å²) in [5.74, 6) is 0.109. The van der Waals surface area contributed by atoms with E-state index in [2.05, 4.69) is 27.9 Å². The minimum atomic E-state index is 0.109. The third kappa shape index (κ3) is 3.04. The number of nitrogen functional groups attached to an aromatic ring is 1. The lowest BCUT2D eigenvalue weighted by atomic mass is 10.1. The molecule has 0 aromatic carbocycles. The number of rotatable bonds is 2. The van der Waals surface area contributed by atoms with Crippen LogP contribution < -0.4 is 10.6 Å². The third-order valence-corrected chi connectivity index (χ3v) is 3.64. The fraction of sp³-hybridized carbons (Fsp3) is 0.571. The molecular formula is C14H23N5. The van der Waals surface area contributed by atoms with Crippen molar-refractivity contribution in [1.82, 2.24) is 9.88 Å². The highest BCUT2D eigenvalue weighted by molar-refractivity contribution is 6.01. The summed E-state index contributed by atoms with van der Waals surface area (Å²) in [6.45, 7) is 8.06. The van der Waals surface area contributed by atoms with E-state index >= 15 is 0 Å². The third-order valence-electron chi connectivity index (χ3n) is 3.64. The van der Waals surface area contributed by atoms with Gasteiger partial charge in [0.15, 0.2) is 0 Å². The summed E-state index contributed by atoms with van der Waals surface area (Å²) in [5, 5.41) is 7.80. The molecule has 5 heteroatoms. The Labute approximate surface area is 114 Å². The number of nitrogens with one attached hydrogen (secondary N) is 1. The summed E-state index contributed by atoms with van der Waals surface area (Å²) < 4.78 is 0. The lowest BCUT2D eigenvalue weighted by Crippen LogP contribution is -2.31. The van der Waals surface area contributed by atoms with Crippen LogP contribution >= 0.6 is 0 Å². The minimum Gasteiger partial charge on any atom is -0.384 e. The van der Waals surface area contributed by atoms with Crippen LogP contribution in [0.1, 0.15) is 23.4 Å². The van der Waals surface area contributed by atoms with Crippen molar-refractivity contribution < 1.29 is 0 Å². The van der Waals surface area contributed by atoms with Crippen molar-refractivity contribution in [2.45, 2.75) is 20.3 Å². The molecule has 2 heterocycles. The smallest absolute Gasteiger partial charge is 0.126 e. The van der Waals surface area contributed by atoms with Gasteiger partial charge < -0.3 is 15.5 Å². The zero-order valence-electron chi connectivity index (χ0n) is 12.0. The molecule has 1 aromatic rings. The van der Waals surface area contributed by atoms with E-state index in [1.54, 1.807) is 0 Å². The molecule has 1 aliphatic heterocycles. The first kappa shape index (κ1) is 13.8. The quantitative estimate of drug-likeness (QED) is 0.618. The van der Waals surface area contributed by atoms with Crippen LogP contribution in [0.15, 0.2) is 6.07 Å². The normalized spacial score (nSPS) is 17.3. The predicted molar refractivity (Wildman–Crippen MR) is 79.1 cm³/mol. The monoisotopic (exact) mass is 261 g/mol. The minimum absolute atomic E-state index is 0.109. The van der Waals surface area contributed by atoms with Gasteiger partial charge in [-0.2, -0.15) is 0 Å². The Bertz CT molecular complexity index is 483. The maximum atomic E-state index is 7.80. The van der Waals surface area contributed by atoms with E-state index in [0.717, 1.165) is 55.2 Å². The predicted octanol–water partition coefficient (Wildman–Crippen LogP) is 1.12. The highest BCUT2D eigenvalue weighted by Crippen LogP contribution is 2.24. The molecule has 3 N–H and O–H groups in total. The highest BCUT2D eigenvalue weighted by Gasteiger charge is 2.19. The Morgan fingerprint density at radius 2 is 2.00 bits per heavy atom. The summed E-state index contributed by atoms with van der Waals surface area (Å²) in [5.41, 5.74) is 9.42. The molecule has 0 saturated carbocycles. The van der Waals surface area contributed by atoms with Gasteiger partial charge in [-0.1, -0.05) is 0 Å². The lowest BCUT2D eigenvalue weighted by Gasteiger charge is -2.26. The Hall–Kier alpha value is -1.62. The number of aromatic nitrogens is 1. The molecule has 0 radical (unpaired) electrons. The molecule has 19 heavy (non-hydrogen) atoms. The molecule has 1 aromatic heterocycles. The molecule has 0 spiro atoms. The topological polar surface area (TPSA) is 69.2 Å². The van der Waals surface area contributed by atoms with Crippen molar-refractivity contribution in [2.24, 2.45) is 5.73 Å². The average Bonchev–Trinajstić information content (AvgIpc) is 2.52. The van der Waals surface area contributed by atoms with Gasteiger partial charge in [0.05, 0.1) is 16.9 Å². The van der Waals surface area contributed by atoms with E-state index in [0.29, 0.717) is 0 Å². The van der Waals surface area contributed by atoms with E-state index in [9.17, 15) is 0 Å². The highest BCUT2D eigenvalue weighted by atomic mass is 15.2. The molecule has 104 valence electrons. The van der Waals surface area contributed by atoms with Crippen LogP contribution in [0.25, 0.3) is 0 Å². The number of likely N-dealkylation sites (N-methyl/N-ethyl adjacent to an activating group) is 1. The van der Waals surface area contributed by atoms with Gasteiger partial charge in [-0.05, 0) is 39.9 Å². The number of anilines is 1. The number of pyridine rings is 1. The van der Waals surface area contributed by atoms with E-state index in [-0.39, 0.29) is 5.84 Å². The van der Waals surface area contributed by atoms with Crippen molar-refractivity contribution in [2.75, 3.05) is 38.1 Å². The summed E-state index contributed by atoms with van der Waals surface area (Å²) in [6, 6.07) is 2.05. The zero-order chi connectivity index (χ0) is 14.0. The van der Waals surface area contributed by atoms with Crippen molar-refractivity contribution in [3.8, 4) is 0 Å². The van der Waals surface area contributed by atoms with Crippen LogP contribution in [0.4, 0.5) is 5.69 Å². The summed E-state index contributed by atoms with van der Waals surface area (Å²) in [7, 11) is 2.15. The lowest BCUT2D eigenvalue weighted by molar-refractivity contribution is 0.360. The molecule has 1 fully saturated rings. The number of amidine groups is 1. The van der Waals surface area contributed by atoms with Crippen LogP contribution in [0.3, 0.4) is 0 Å². The molecule has 0 atom stereocenters. The molecule has 0 aliphatic carbocycles. The van der Waals surface area contributed by atoms with Crippen LogP contribution in [-0.4, -0.2) is 48.9 Å². The summed E-state index contributed by atoms with van der Waals surface area (Å²) in [6.07, 6.45) is 1.13. The van der Waals surface area contributed by atoms with Gasteiger partial charge >= 0.3 is 0 Å². The largest absolute Gasteiger partial charge is 0.384 e. The first-order valence-corrected chi connectivity index (χ1v) is 6.75. The number of nitrogens with two attached hydrogens (primary N) is 1. The van der Waals surface area contributed by atoms with Gasteiger partial charge in [-0.3, -0.25) is 10.4 Å². The molecule has 5 nitrogen and oxygen atoms in total. The molecule has 1 saturated heterocycles. The van der Waals surface area contributed by atoms with Gasteiger partial charge in [-0.25, -0.2) is 0 Å². The van der Waals surface area contributed by atoms with Crippen molar-refractivity contribution >= 4 is 11.5 Å². The van der Waals surface area contributed by atoms with Crippen molar-refractivity contribution in [1.29, 1.82) is 5.41 Å². The van der Waals surface area contributed by atoms with Crippen molar-refractivity contribution in [3.63, 3.8) is 0 Å². The van der Waals surface area contributed by atoms with Crippen molar-refractivity contribution in [3.05, 3.63) is 23.0 Å². The Kier molecular flexibility index (Phi) is 4.04. The number of nitrogens with zero attached hydrogens (tertiary/aromatic N) is 3. The number of hydrogen-bond donors (Lipinski definition) is 2. The molecule has 1 aliphatic rings. The van der Waals surface area contributed by atoms with Gasteiger partial charge in [0, 0.05) is 25.3 Å². The van der Waals surface area contributed by atoms with Gasteiger partial charge in [0.25, 0.3) is 0 Å². The zero-order valence-corrected chi connectivity index (χ0v) is 12.0. The Morgan fingerprint density at radius 3 is 2.68 bits per heavy atom.